The Kier molecular flexibility index (Phi) is 7.67. The Morgan fingerprint density at radius 2 is 1.73 bits per heavy atom. The normalized spacial score (nSPS) is 11.1. The van der Waals surface area contributed by atoms with Crippen molar-refractivity contribution in [3.8, 4) is 17.1 Å². The fraction of sp³-hybridized carbons (Fsp3) is 0.0435. The number of aromatic nitrogens is 3. The zero-order chi connectivity index (χ0) is 23.2. The zero-order valence-electron chi connectivity index (χ0n) is 17.0. The first-order chi connectivity index (χ1) is 16.0. The maximum Gasteiger partial charge on any atom is 0.250 e. The summed E-state index contributed by atoms with van der Waals surface area (Å²) in [4.78, 5) is 12.3. The summed E-state index contributed by atoms with van der Waals surface area (Å²) in [5, 5.41) is 14.6. The Hall–Kier alpha value is -2.84. The predicted octanol–water partition coefficient (Wildman–Crippen LogP) is 6.14. The van der Waals surface area contributed by atoms with Crippen LogP contribution in [0.5, 0.6) is 0 Å². The Morgan fingerprint density at radius 1 is 0.970 bits per heavy atom. The lowest BCUT2D eigenvalue weighted by molar-refractivity contribution is -0.118. The van der Waals surface area contributed by atoms with Crippen molar-refractivity contribution in [2.24, 2.45) is 5.10 Å². The summed E-state index contributed by atoms with van der Waals surface area (Å²) in [5.41, 5.74) is 4.83. The third kappa shape index (κ3) is 5.75. The van der Waals surface area contributed by atoms with Crippen molar-refractivity contribution in [3.63, 3.8) is 0 Å². The van der Waals surface area contributed by atoms with Gasteiger partial charge in [-0.1, -0.05) is 89.0 Å². The molecule has 166 valence electrons. The first-order valence-electron chi connectivity index (χ1n) is 9.68. The molecule has 0 fully saturated rings. The Balaban J connectivity index is 1.50. The number of hydrogen-bond donors (Lipinski definition) is 1. The zero-order valence-corrected chi connectivity index (χ0v) is 20.0. The van der Waals surface area contributed by atoms with Crippen LogP contribution in [0.1, 0.15) is 5.56 Å². The number of benzene rings is 3. The summed E-state index contributed by atoms with van der Waals surface area (Å²) in [6.45, 7) is 0. The fourth-order valence-corrected chi connectivity index (χ4v) is 4.14. The molecule has 1 aromatic heterocycles. The molecule has 0 radical (unpaired) electrons. The number of carbonyl (C=O) groups is 1. The van der Waals surface area contributed by atoms with E-state index in [-0.39, 0.29) is 11.7 Å². The van der Waals surface area contributed by atoms with Gasteiger partial charge in [0, 0.05) is 21.8 Å². The van der Waals surface area contributed by atoms with Crippen LogP contribution in [-0.4, -0.2) is 32.6 Å². The van der Waals surface area contributed by atoms with E-state index in [1.807, 2.05) is 47.0 Å². The topological polar surface area (TPSA) is 72.2 Å². The molecule has 6 nitrogen and oxygen atoms in total. The predicted molar refractivity (Wildman–Crippen MR) is 135 cm³/mol. The summed E-state index contributed by atoms with van der Waals surface area (Å²) in [5.74, 6) is 0.442. The third-order valence-corrected chi connectivity index (χ3v) is 6.47. The number of nitrogens with zero attached hydrogens (tertiary/aromatic N) is 4. The van der Waals surface area contributed by atoms with Gasteiger partial charge >= 0.3 is 0 Å². The molecule has 3 aromatic carbocycles. The van der Waals surface area contributed by atoms with E-state index in [1.54, 1.807) is 30.3 Å². The van der Waals surface area contributed by atoms with Crippen LogP contribution in [-0.2, 0) is 4.79 Å². The minimum atomic E-state index is -0.304. The summed E-state index contributed by atoms with van der Waals surface area (Å²) in [6.07, 6.45) is 1.44. The number of halogens is 3. The third-order valence-electron chi connectivity index (χ3n) is 4.46. The monoisotopic (exact) mass is 515 g/mol. The van der Waals surface area contributed by atoms with Gasteiger partial charge in [-0.3, -0.25) is 9.36 Å². The molecule has 0 saturated heterocycles. The van der Waals surface area contributed by atoms with Gasteiger partial charge < -0.3 is 0 Å². The average molecular weight is 517 g/mol. The number of hydrazone groups is 1. The molecule has 0 aliphatic rings. The number of rotatable bonds is 7. The van der Waals surface area contributed by atoms with Gasteiger partial charge in [0.15, 0.2) is 11.0 Å². The number of carbonyl (C=O) groups excluding carboxylic acids is 1. The maximum absolute atomic E-state index is 12.3. The van der Waals surface area contributed by atoms with Gasteiger partial charge in [-0.05, 0) is 30.3 Å². The van der Waals surface area contributed by atoms with E-state index in [0.29, 0.717) is 31.6 Å². The van der Waals surface area contributed by atoms with Crippen molar-refractivity contribution >= 4 is 58.7 Å². The lowest BCUT2D eigenvalue weighted by Crippen LogP contribution is -2.20. The molecular formula is C23H16Cl3N5OS. The van der Waals surface area contributed by atoms with Crippen molar-refractivity contribution in [1.29, 1.82) is 0 Å². The molecule has 0 aliphatic heterocycles. The molecule has 4 aromatic rings. The van der Waals surface area contributed by atoms with Gasteiger partial charge in [-0.2, -0.15) is 5.10 Å². The molecule has 0 unspecified atom stereocenters. The number of thioether (sulfide) groups is 1. The van der Waals surface area contributed by atoms with Crippen LogP contribution in [0.2, 0.25) is 15.1 Å². The molecular weight excluding hydrogens is 501 g/mol. The van der Waals surface area contributed by atoms with Crippen molar-refractivity contribution < 1.29 is 4.79 Å². The highest BCUT2D eigenvalue weighted by atomic mass is 35.5. The molecule has 0 saturated carbocycles. The fourth-order valence-electron chi connectivity index (χ4n) is 2.92. The van der Waals surface area contributed by atoms with Gasteiger partial charge in [0.1, 0.15) is 0 Å². The molecule has 10 heteroatoms. The summed E-state index contributed by atoms with van der Waals surface area (Å²) in [6, 6.07) is 22.2. The largest absolute Gasteiger partial charge is 0.272 e. The standard InChI is InChI=1S/C23H16Cl3N5OS/c24-17-9-11-18(12-10-17)31-22(15-5-2-1-3-6-15)29-30-23(31)33-14-20(32)28-27-13-16-7-4-8-19(25)21(16)26/h1-13H,14H2,(H,28,32)/b27-13+. The lowest BCUT2D eigenvalue weighted by Gasteiger charge is -2.10. The molecule has 1 heterocycles. The van der Waals surface area contributed by atoms with Gasteiger partial charge in [-0.25, -0.2) is 5.43 Å². The van der Waals surface area contributed by atoms with Crippen molar-refractivity contribution in [3.05, 3.63) is 93.4 Å². The first-order valence-corrected chi connectivity index (χ1v) is 11.8. The van der Waals surface area contributed by atoms with E-state index in [9.17, 15) is 4.79 Å². The highest BCUT2D eigenvalue weighted by molar-refractivity contribution is 7.99. The van der Waals surface area contributed by atoms with Crippen LogP contribution in [0.15, 0.2) is 83.1 Å². The maximum atomic E-state index is 12.3. The second-order valence-electron chi connectivity index (χ2n) is 6.71. The van der Waals surface area contributed by atoms with Gasteiger partial charge in [0.25, 0.3) is 5.91 Å². The van der Waals surface area contributed by atoms with Crippen molar-refractivity contribution in [2.45, 2.75) is 5.16 Å². The lowest BCUT2D eigenvalue weighted by atomic mass is 10.2. The molecule has 1 amide bonds. The van der Waals surface area contributed by atoms with Crippen molar-refractivity contribution in [2.75, 3.05) is 5.75 Å². The highest BCUT2D eigenvalue weighted by Crippen LogP contribution is 2.28. The Bertz CT molecular complexity index is 1290. The number of amides is 1. The first kappa shape index (κ1) is 23.3. The SMILES string of the molecule is O=C(CSc1nnc(-c2ccccc2)n1-c1ccc(Cl)cc1)N/N=C/c1cccc(Cl)c1Cl. The number of nitrogens with one attached hydrogen (secondary N) is 1. The van der Waals surface area contributed by atoms with Gasteiger partial charge in [0.05, 0.1) is 22.0 Å². The van der Waals surface area contributed by atoms with Crippen molar-refractivity contribution in [1.82, 2.24) is 20.2 Å². The van der Waals surface area contributed by atoms with E-state index in [1.165, 1.54) is 18.0 Å². The smallest absolute Gasteiger partial charge is 0.250 e. The molecule has 33 heavy (non-hydrogen) atoms. The molecule has 0 spiro atoms. The second kappa shape index (κ2) is 10.9. The van der Waals surface area contributed by atoms with E-state index in [2.05, 4.69) is 20.7 Å². The van der Waals surface area contributed by atoms with E-state index in [4.69, 9.17) is 34.8 Å². The summed E-state index contributed by atoms with van der Waals surface area (Å²) in [7, 11) is 0. The second-order valence-corrected chi connectivity index (χ2v) is 8.87. The van der Waals surface area contributed by atoms with E-state index in [0.717, 1.165) is 11.3 Å². The van der Waals surface area contributed by atoms with Crippen LogP contribution in [0.25, 0.3) is 17.1 Å². The summed E-state index contributed by atoms with van der Waals surface area (Å²) >= 11 is 19.4. The van der Waals surface area contributed by atoms with Crippen LogP contribution >= 0.6 is 46.6 Å². The summed E-state index contributed by atoms with van der Waals surface area (Å²) < 4.78 is 1.89. The number of hydrogen-bond acceptors (Lipinski definition) is 5. The Labute approximate surface area is 209 Å². The molecule has 4 rings (SSSR count). The minimum Gasteiger partial charge on any atom is -0.272 e. The van der Waals surface area contributed by atoms with Gasteiger partial charge in [-0.15, -0.1) is 10.2 Å². The van der Waals surface area contributed by atoms with Crippen LogP contribution in [0.4, 0.5) is 0 Å². The molecule has 1 N–H and O–H groups in total. The minimum absolute atomic E-state index is 0.0845. The molecule has 0 bridgehead atoms. The van der Waals surface area contributed by atoms with Crippen LogP contribution in [0, 0.1) is 0 Å². The van der Waals surface area contributed by atoms with E-state index < -0.39 is 0 Å². The highest BCUT2D eigenvalue weighted by Gasteiger charge is 2.17. The molecule has 0 aliphatic carbocycles. The van der Waals surface area contributed by atoms with Crippen LogP contribution < -0.4 is 5.43 Å². The van der Waals surface area contributed by atoms with Gasteiger partial charge in [0.2, 0.25) is 0 Å². The quantitative estimate of drug-likeness (QED) is 0.182. The Morgan fingerprint density at radius 3 is 2.48 bits per heavy atom. The average Bonchev–Trinajstić information content (AvgIpc) is 3.25. The van der Waals surface area contributed by atoms with E-state index >= 15 is 0 Å². The molecule has 0 atom stereocenters. The van der Waals surface area contributed by atoms with Crippen LogP contribution in [0.3, 0.4) is 0 Å².